The van der Waals surface area contributed by atoms with Gasteiger partial charge in [0.2, 0.25) is 0 Å². The largest absolute Gasteiger partial charge is 0.389 e. The number of ether oxygens (including phenoxy) is 1. The van der Waals surface area contributed by atoms with Gasteiger partial charge in [0, 0.05) is 13.0 Å². The first-order valence-corrected chi connectivity index (χ1v) is 8.16. The van der Waals surface area contributed by atoms with Gasteiger partial charge in [0.05, 0.1) is 6.10 Å². The van der Waals surface area contributed by atoms with Gasteiger partial charge in [0.15, 0.2) is 0 Å². The van der Waals surface area contributed by atoms with E-state index in [4.69, 9.17) is 4.74 Å². The highest BCUT2D eigenvalue weighted by atomic mass is 19.4. The Labute approximate surface area is 120 Å². The zero-order valence-corrected chi connectivity index (χ0v) is 12.4. The van der Waals surface area contributed by atoms with E-state index in [9.17, 15) is 13.2 Å². The second-order valence-electron chi connectivity index (χ2n) is 6.59. The highest BCUT2D eigenvalue weighted by Crippen LogP contribution is 2.42. The minimum Gasteiger partial charge on any atom is -0.379 e. The van der Waals surface area contributed by atoms with Crippen molar-refractivity contribution in [2.24, 2.45) is 17.8 Å². The molecule has 0 N–H and O–H groups in total. The lowest BCUT2D eigenvalue weighted by Crippen LogP contribution is -2.29. The molecule has 118 valence electrons. The number of hydrogen-bond donors (Lipinski definition) is 0. The Hall–Kier alpha value is -0.250. The Morgan fingerprint density at radius 2 is 1.35 bits per heavy atom. The number of halogens is 3. The molecule has 1 nitrogen and oxygen atoms in total. The van der Waals surface area contributed by atoms with Crippen molar-refractivity contribution in [1.82, 2.24) is 0 Å². The third kappa shape index (κ3) is 4.94. The van der Waals surface area contributed by atoms with Crippen LogP contribution in [-0.2, 0) is 4.74 Å². The summed E-state index contributed by atoms with van der Waals surface area (Å²) >= 11 is 0. The van der Waals surface area contributed by atoms with Gasteiger partial charge in [-0.2, -0.15) is 13.2 Å². The molecule has 20 heavy (non-hydrogen) atoms. The third-order valence-electron chi connectivity index (χ3n) is 5.20. The van der Waals surface area contributed by atoms with Gasteiger partial charge < -0.3 is 4.74 Å². The van der Waals surface area contributed by atoms with Gasteiger partial charge in [-0.05, 0) is 76.0 Å². The van der Waals surface area contributed by atoms with Crippen molar-refractivity contribution in [1.29, 1.82) is 0 Å². The van der Waals surface area contributed by atoms with Crippen LogP contribution in [0.3, 0.4) is 0 Å². The zero-order chi connectivity index (χ0) is 14.6. The van der Waals surface area contributed by atoms with Crippen LogP contribution in [-0.4, -0.2) is 18.9 Å². The summed E-state index contributed by atoms with van der Waals surface area (Å²) in [7, 11) is 0. The molecule has 2 rings (SSSR count). The first kappa shape index (κ1) is 16.1. The summed E-state index contributed by atoms with van der Waals surface area (Å²) in [6.45, 7) is 2.83. The molecule has 0 amide bonds. The topological polar surface area (TPSA) is 9.23 Å². The van der Waals surface area contributed by atoms with Gasteiger partial charge in [-0.1, -0.05) is 0 Å². The first-order valence-electron chi connectivity index (χ1n) is 8.16. The lowest BCUT2D eigenvalue weighted by Gasteiger charge is -2.37. The van der Waals surface area contributed by atoms with Crippen LogP contribution in [0.2, 0.25) is 0 Å². The quantitative estimate of drug-likeness (QED) is 0.679. The zero-order valence-electron chi connectivity index (χ0n) is 12.4. The molecule has 0 aromatic carbocycles. The molecule has 0 saturated heterocycles. The molecule has 2 aliphatic rings. The molecule has 0 bridgehead atoms. The molecule has 2 aliphatic carbocycles. The summed E-state index contributed by atoms with van der Waals surface area (Å²) in [4.78, 5) is 0. The maximum atomic E-state index is 12.4. The van der Waals surface area contributed by atoms with Gasteiger partial charge in [-0.3, -0.25) is 0 Å². The van der Waals surface area contributed by atoms with Crippen LogP contribution in [0.25, 0.3) is 0 Å². The maximum absolute atomic E-state index is 12.4. The van der Waals surface area contributed by atoms with Crippen LogP contribution in [0.5, 0.6) is 0 Å². The molecule has 0 atom stereocenters. The maximum Gasteiger partial charge on any atom is 0.389 e. The number of rotatable bonds is 4. The molecule has 4 heteroatoms. The van der Waals surface area contributed by atoms with E-state index in [2.05, 4.69) is 0 Å². The molecule has 0 aliphatic heterocycles. The minimum atomic E-state index is -3.98. The van der Waals surface area contributed by atoms with Gasteiger partial charge in [-0.15, -0.1) is 0 Å². The Morgan fingerprint density at radius 3 is 1.80 bits per heavy atom. The van der Waals surface area contributed by atoms with Crippen LogP contribution in [0, 0.1) is 17.8 Å². The molecule has 2 saturated carbocycles. The fraction of sp³-hybridized carbons (Fsp3) is 1.00. The summed E-state index contributed by atoms with van der Waals surface area (Å²) in [5, 5.41) is 0. The third-order valence-corrected chi connectivity index (χ3v) is 5.20. The molecular weight excluding hydrogens is 265 g/mol. The normalized spacial score (nSPS) is 36.0. The van der Waals surface area contributed by atoms with E-state index in [-0.39, 0.29) is 5.92 Å². The average Bonchev–Trinajstić information content (AvgIpc) is 2.39. The van der Waals surface area contributed by atoms with Crippen molar-refractivity contribution >= 4 is 0 Å². The lowest BCUT2D eigenvalue weighted by atomic mass is 9.70. The van der Waals surface area contributed by atoms with Gasteiger partial charge >= 0.3 is 6.18 Å². The second-order valence-corrected chi connectivity index (χ2v) is 6.59. The molecule has 2 fully saturated rings. The van der Waals surface area contributed by atoms with E-state index < -0.39 is 12.6 Å². The van der Waals surface area contributed by atoms with E-state index in [1.54, 1.807) is 0 Å². The van der Waals surface area contributed by atoms with E-state index in [0.29, 0.717) is 12.0 Å². The molecule has 0 aromatic heterocycles. The van der Waals surface area contributed by atoms with Crippen LogP contribution in [0.4, 0.5) is 13.2 Å². The Kier molecular flexibility index (Phi) is 5.76. The van der Waals surface area contributed by atoms with E-state index in [1.807, 2.05) is 6.92 Å². The van der Waals surface area contributed by atoms with Crippen molar-refractivity contribution in [2.45, 2.75) is 77.0 Å². The van der Waals surface area contributed by atoms with E-state index in [1.165, 1.54) is 12.8 Å². The predicted octanol–water partition coefficient (Wildman–Crippen LogP) is 5.34. The first-order chi connectivity index (χ1) is 9.48. The smallest absolute Gasteiger partial charge is 0.379 e. The molecule has 0 radical (unpaired) electrons. The molecule has 0 heterocycles. The Bertz CT molecular complexity index is 274. The predicted molar refractivity (Wildman–Crippen MR) is 73.5 cm³/mol. The van der Waals surface area contributed by atoms with Crippen molar-refractivity contribution in [3.63, 3.8) is 0 Å². The van der Waals surface area contributed by atoms with Crippen LogP contribution in [0.1, 0.15) is 64.7 Å². The van der Waals surface area contributed by atoms with Crippen LogP contribution >= 0.6 is 0 Å². The average molecular weight is 292 g/mol. The van der Waals surface area contributed by atoms with Crippen molar-refractivity contribution in [2.75, 3.05) is 6.61 Å². The fourth-order valence-electron chi connectivity index (χ4n) is 4.15. The summed E-state index contributed by atoms with van der Waals surface area (Å²) < 4.78 is 42.8. The summed E-state index contributed by atoms with van der Waals surface area (Å²) in [5.74, 6) is 1.28. The van der Waals surface area contributed by atoms with Gasteiger partial charge in [0.1, 0.15) is 0 Å². The molecule has 0 unspecified atom stereocenters. The van der Waals surface area contributed by atoms with Gasteiger partial charge in [0.25, 0.3) is 0 Å². The minimum absolute atomic E-state index is 0.119. The Morgan fingerprint density at radius 1 is 0.850 bits per heavy atom. The number of hydrogen-bond acceptors (Lipinski definition) is 1. The van der Waals surface area contributed by atoms with E-state index >= 15 is 0 Å². The van der Waals surface area contributed by atoms with Crippen molar-refractivity contribution in [3.8, 4) is 0 Å². The summed E-state index contributed by atoms with van der Waals surface area (Å²) in [6.07, 6.45) is 4.13. The highest BCUT2D eigenvalue weighted by molar-refractivity contribution is 4.82. The van der Waals surface area contributed by atoms with Crippen molar-refractivity contribution < 1.29 is 17.9 Å². The standard InChI is InChI=1S/C16H27F3O/c1-2-20-15-9-7-14(8-10-15)13-5-3-12(4-6-13)11-16(17,18)19/h12-15H,2-11H2,1H3. The monoisotopic (exact) mass is 292 g/mol. The highest BCUT2D eigenvalue weighted by Gasteiger charge is 2.36. The molecule has 0 aromatic rings. The summed E-state index contributed by atoms with van der Waals surface area (Å²) in [6, 6.07) is 0. The van der Waals surface area contributed by atoms with Crippen LogP contribution in [0.15, 0.2) is 0 Å². The number of alkyl halides is 3. The van der Waals surface area contributed by atoms with Crippen molar-refractivity contribution in [3.05, 3.63) is 0 Å². The fourth-order valence-corrected chi connectivity index (χ4v) is 4.15. The molecular formula is C16H27F3O. The van der Waals surface area contributed by atoms with Gasteiger partial charge in [-0.25, -0.2) is 0 Å². The summed E-state index contributed by atoms with van der Waals surface area (Å²) in [5.41, 5.74) is 0. The van der Waals surface area contributed by atoms with Crippen LogP contribution < -0.4 is 0 Å². The molecule has 0 spiro atoms. The SMILES string of the molecule is CCOC1CCC(C2CCC(CC(F)(F)F)CC2)CC1. The second kappa shape index (κ2) is 7.15. The van der Waals surface area contributed by atoms with E-state index in [0.717, 1.165) is 51.0 Å². The lowest BCUT2D eigenvalue weighted by molar-refractivity contribution is -0.147. The Balaban J connectivity index is 1.69.